The van der Waals surface area contributed by atoms with Crippen molar-refractivity contribution in [2.75, 3.05) is 5.43 Å². The zero-order chi connectivity index (χ0) is 12.1. The molecule has 0 saturated heterocycles. The van der Waals surface area contributed by atoms with E-state index in [1.807, 2.05) is 36.4 Å². The molecule has 1 unspecified atom stereocenters. The van der Waals surface area contributed by atoms with Gasteiger partial charge in [-0.15, -0.1) is 24.8 Å². The smallest absolute Gasteiger partial charge is 0.0488 e. The summed E-state index contributed by atoms with van der Waals surface area (Å²) in [6.45, 7) is 2.08. The summed E-state index contributed by atoms with van der Waals surface area (Å²) < 4.78 is 0. The van der Waals surface area contributed by atoms with Crippen LogP contribution in [0.4, 0.5) is 5.69 Å². The normalized spacial score (nSPS) is 10.8. The van der Waals surface area contributed by atoms with Crippen molar-refractivity contribution in [2.24, 2.45) is 0 Å². The largest absolute Gasteiger partial charge is 0.321 e. The lowest BCUT2D eigenvalue weighted by Gasteiger charge is -2.15. The van der Waals surface area contributed by atoms with E-state index in [1.54, 1.807) is 12.4 Å². The highest BCUT2D eigenvalue weighted by Crippen LogP contribution is 2.14. The van der Waals surface area contributed by atoms with E-state index >= 15 is 0 Å². The predicted octanol–water partition coefficient (Wildman–Crippen LogP) is 4.26. The van der Waals surface area contributed by atoms with Crippen LogP contribution in [-0.4, -0.2) is 4.98 Å². The average molecular weight is 321 g/mol. The van der Waals surface area contributed by atoms with Crippen molar-refractivity contribution in [1.82, 2.24) is 10.4 Å². The van der Waals surface area contributed by atoms with Crippen LogP contribution in [0.1, 0.15) is 18.5 Å². The number of nitrogens with zero attached hydrogens (tertiary/aromatic N) is 1. The molecule has 104 valence electrons. The second-order valence-corrected chi connectivity index (χ2v) is 4.21. The Morgan fingerprint density at radius 1 is 1.00 bits per heavy atom. The van der Waals surface area contributed by atoms with E-state index < -0.39 is 0 Å². The summed E-state index contributed by atoms with van der Waals surface area (Å²) in [6.07, 6.45) is 3.58. The third-order valence-electron chi connectivity index (χ3n) is 2.48. The summed E-state index contributed by atoms with van der Waals surface area (Å²) in [5.74, 6) is 0. The van der Waals surface area contributed by atoms with E-state index in [1.165, 1.54) is 5.56 Å². The molecular formula is C13H16Cl3N3. The number of anilines is 1. The van der Waals surface area contributed by atoms with Gasteiger partial charge in [0.1, 0.15) is 0 Å². The Morgan fingerprint density at radius 3 is 2.16 bits per heavy atom. The number of aromatic nitrogens is 1. The highest BCUT2D eigenvalue weighted by Gasteiger charge is 2.03. The van der Waals surface area contributed by atoms with Crippen LogP contribution in [0.15, 0.2) is 48.8 Å². The first-order valence-electron chi connectivity index (χ1n) is 5.43. The summed E-state index contributed by atoms with van der Waals surface area (Å²) in [5.41, 5.74) is 8.52. The molecule has 0 spiro atoms. The lowest BCUT2D eigenvalue weighted by atomic mass is 10.1. The van der Waals surface area contributed by atoms with Gasteiger partial charge in [0.05, 0.1) is 0 Å². The van der Waals surface area contributed by atoms with Gasteiger partial charge in [0.2, 0.25) is 0 Å². The quantitative estimate of drug-likeness (QED) is 0.827. The number of pyridine rings is 1. The Balaban J connectivity index is 0.00000162. The number of halogens is 3. The molecule has 0 amide bonds. The fraction of sp³-hybridized carbons (Fsp3) is 0.154. The van der Waals surface area contributed by atoms with Gasteiger partial charge in [0.25, 0.3) is 0 Å². The maximum atomic E-state index is 5.82. The first kappa shape index (κ1) is 18.0. The summed E-state index contributed by atoms with van der Waals surface area (Å²) in [7, 11) is 0. The minimum atomic E-state index is 0. The molecule has 2 aromatic rings. The average Bonchev–Trinajstić information content (AvgIpc) is 2.39. The standard InChI is InChI=1S/C13H14ClN3.2ClH/c1-10(11-6-8-15-9-7-11)16-17-13-4-2-12(14)3-5-13;;/h2-10,16-17H,1H3;2*1H. The lowest BCUT2D eigenvalue weighted by Crippen LogP contribution is -2.25. The van der Waals surface area contributed by atoms with Crippen molar-refractivity contribution in [3.63, 3.8) is 0 Å². The Kier molecular flexibility index (Phi) is 8.52. The molecule has 0 radical (unpaired) electrons. The second kappa shape index (κ2) is 8.99. The molecule has 0 aliphatic rings. The molecular weight excluding hydrogens is 305 g/mol. The third kappa shape index (κ3) is 5.66. The van der Waals surface area contributed by atoms with Gasteiger partial charge in [-0.25, -0.2) is 5.43 Å². The fourth-order valence-electron chi connectivity index (χ4n) is 1.46. The highest BCUT2D eigenvalue weighted by molar-refractivity contribution is 6.30. The van der Waals surface area contributed by atoms with Crippen molar-refractivity contribution in [3.05, 3.63) is 59.4 Å². The van der Waals surface area contributed by atoms with Crippen molar-refractivity contribution in [1.29, 1.82) is 0 Å². The first-order valence-corrected chi connectivity index (χ1v) is 5.80. The van der Waals surface area contributed by atoms with Crippen LogP contribution in [0, 0.1) is 0 Å². The van der Waals surface area contributed by atoms with Crippen molar-refractivity contribution < 1.29 is 0 Å². The number of nitrogens with one attached hydrogen (secondary N) is 2. The topological polar surface area (TPSA) is 37.0 Å². The zero-order valence-electron chi connectivity index (χ0n) is 10.3. The number of hydrazine groups is 1. The minimum Gasteiger partial charge on any atom is -0.321 e. The molecule has 0 bridgehead atoms. The van der Waals surface area contributed by atoms with E-state index in [2.05, 4.69) is 22.8 Å². The van der Waals surface area contributed by atoms with Gasteiger partial charge in [-0.2, -0.15) is 0 Å². The third-order valence-corrected chi connectivity index (χ3v) is 2.74. The van der Waals surface area contributed by atoms with Gasteiger partial charge in [-0.1, -0.05) is 11.6 Å². The summed E-state index contributed by atoms with van der Waals surface area (Å²) in [4.78, 5) is 3.99. The van der Waals surface area contributed by atoms with Crippen molar-refractivity contribution in [2.45, 2.75) is 13.0 Å². The van der Waals surface area contributed by atoms with Crippen LogP contribution in [-0.2, 0) is 0 Å². The van der Waals surface area contributed by atoms with Crippen LogP contribution in [0.25, 0.3) is 0 Å². The molecule has 0 saturated carbocycles. The summed E-state index contributed by atoms with van der Waals surface area (Å²) in [5, 5.41) is 0.734. The van der Waals surface area contributed by atoms with Gasteiger partial charge >= 0.3 is 0 Å². The molecule has 1 aromatic heterocycles. The lowest BCUT2D eigenvalue weighted by molar-refractivity contribution is 0.643. The van der Waals surface area contributed by atoms with E-state index in [0.717, 1.165) is 10.7 Å². The maximum absolute atomic E-state index is 5.82. The summed E-state index contributed by atoms with van der Waals surface area (Å²) in [6, 6.07) is 11.7. The maximum Gasteiger partial charge on any atom is 0.0488 e. The van der Waals surface area contributed by atoms with Crippen molar-refractivity contribution in [3.8, 4) is 0 Å². The van der Waals surface area contributed by atoms with Crippen LogP contribution in [0.2, 0.25) is 5.02 Å². The van der Waals surface area contributed by atoms with Gasteiger partial charge in [-0.3, -0.25) is 4.98 Å². The SMILES string of the molecule is CC(NNc1ccc(Cl)cc1)c1ccncc1.Cl.Cl. The predicted molar refractivity (Wildman–Crippen MR) is 85.4 cm³/mol. The minimum absolute atomic E-state index is 0. The van der Waals surface area contributed by atoms with Gasteiger partial charge < -0.3 is 5.43 Å². The van der Waals surface area contributed by atoms with Crippen LogP contribution >= 0.6 is 36.4 Å². The van der Waals surface area contributed by atoms with E-state index in [-0.39, 0.29) is 30.9 Å². The second-order valence-electron chi connectivity index (χ2n) is 3.78. The Morgan fingerprint density at radius 2 is 1.58 bits per heavy atom. The van der Waals surface area contributed by atoms with E-state index in [0.29, 0.717) is 0 Å². The number of benzene rings is 1. The van der Waals surface area contributed by atoms with Gasteiger partial charge in [0, 0.05) is 29.1 Å². The fourth-order valence-corrected chi connectivity index (χ4v) is 1.59. The first-order chi connectivity index (χ1) is 8.25. The van der Waals surface area contributed by atoms with Crippen LogP contribution in [0.3, 0.4) is 0 Å². The molecule has 0 aliphatic carbocycles. The molecule has 0 aliphatic heterocycles. The Bertz CT molecular complexity index is 462. The number of rotatable bonds is 4. The number of hydrogen-bond acceptors (Lipinski definition) is 3. The van der Waals surface area contributed by atoms with Crippen LogP contribution < -0.4 is 10.9 Å². The molecule has 6 heteroatoms. The van der Waals surface area contributed by atoms with Gasteiger partial charge in [-0.05, 0) is 48.9 Å². The van der Waals surface area contributed by atoms with E-state index in [9.17, 15) is 0 Å². The monoisotopic (exact) mass is 319 g/mol. The van der Waals surface area contributed by atoms with E-state index in [4.69, 9.17) is 11.6 Å². The molecule has 1 aromatic carbocycles. The molecule has 3 nitrogen and oxygen atoms in total. The summed E-state index contributed by atoms with van der Waals surface area (Å²) >= 11 is 5.82. The molecule has 0 fully saturated rings. The molecule has 2 rings (SSSR count). The van der Waals surface area contributed by atoms with Crippen LogP contribution in [0.5, 0.6) is 0 Å². The molecule has 1 atom stereocenters. The Hall–Kier alpha value is -1.00. The highest BCUT2D eigenvalue weighted by atomic mass is 35.5. The molecule has 1 heterocycles. The van der Waals surface area contributed by atoms with Crippen molar-refractivity contribution >= 4 is 42.1 Å². The Labute approximate surface area is 130 Å². The zero-order valence-corrected chi connectivity index (χ0v) is 12.7. The molecule has 19 heavy (non-hydrogen) atoms. The number of hydrogen-bond donors (Lipinski definition) is 2. The molecule has 2 N–H and O–H groups in total. The van der Waals surface area contributed by atoms with Gasteiger partial charge in [0.15, 0.2) is 0 Å².